The van der Waals surface area contributed by atoms with Gasteiger partial charge in [-0.3, -0.25) is 14.4 Å². The number of benzene rings is 1. The summed E-state index contributed by atoms with van der Waals surface area (Å²) in [4.78, 5) is 24.6. The molecule has 3 aliphatic rings. The van der Waals surface area contributed by atoms with Gasteiger partial charge in [0, 0.05) is 56.9 Å². The molecule has 2 saturated heterocycles. The second-order valence-corrected chi connectivity index (χ2v) is 10.2. The van der Waals surface area contributed by atoms with Crippen molar-refractivity contribution in [3.05, 3.63) is 60.2 Å². The summed E-state index contributed by atoms with van der Waals surface area (Å²) in [6.45, 7) is 6.09. The molecule has 9 nitrogen and oxygen atoms in total. The van der Waals surface area contributed by atoms with Crippen LogP contribution in [0.5, 0.6) is 5.75 Å². The second kappa shape index (κ2) is 9.67. The molecule has 3 aromatic rings. The molecule has 0 atom stereocenters. The fourth-order valence-electron chi connectivity index (χ4n) is 5.67. The van der Waals surface area contributed by atoms with Gasteiger partial charge < -0.3 is 15.0 Å². The maximum Gasteiger partial charge on any atom is 0.420 e. The quantitative estimate of drug-likeness (QED) is 0.500. The van der Waals surface area contributed by atoms with E-state index in [1.54, 1.807) is 35.1 Å². The molecule has 39 heavy (non-hydrogen) atoms. The van der Waals surface area contributed by atoms with Crippen LogP contribution >= 0.6 is 0 Å². The van der Waals surface area contributed by atoms with Crippen molar-refractivity contribution in [2.75, 3.05) is 31.5 Å². The van der Waals surface area contributed by atoms with Crippen molar-refractivity contribution in [1.82, 2.24) is 29.5 Å². The number of amides is 1. The number of fused-ring (bicyclic) bond motifs is 2. The Hall–Kier alpha value is -3.93. The smallest absolute Gasteiger partial charge is 0.420 e. The van der Waals surface area contributed by atoms with Gasteiger partial charge in [0.15, 0.2) is 5.75 Å². The van der Waals surface area contributed by atoms with E-state index in [0.29, 0.717) is 54.9 Å². The van der Waals surface area contributed by atoms with E-state index >= 15 is 0 Å². The number of piperidine rings is 1. The number of carbonyl (C=O) groups is 1. The van der Waals surface area contributed by atoms with Crippen LogP contribution in [0, 0.1) is 0 Å². The van der Waals surface area contributed by atoms with Gasteiger partial charge in [-0.1, -0.05) is 6.58 Å². The number of nitrogens with zero attached hydrogens (tertiary/aromatic N) is 6. The van der Waals surface area contributed by atoms with Crippen LogP contribution in [0.25, 0.3) is 11.3 Å². The van der Waals surface area contributed by atoms with Crippen LogP contribution in [0.15, 0.2) is 43.5 Å². The zero-order valence-electron chi connectivity index (χ0n) is 21.4. The number of aromatic nitrogens is 4. The first kappa shape index (κ1) is 25.4. The summed E-state index contributed by atoms with van der Waals surface area (Å²) in [6.07, 6.45) is 3.23. The van der Waals surface area contributed by atoms with Crippen molar-refractivity contribution in [3.63, 3.8) is 0 Å². The highest BCUT2D eigenvalue weighted by atomic mass is 19.4. The summed E-state index contributed by atoms with van der Waals surface area (Å²) >= 11 is 0. The zero-order valence-corrected chi connectivity index (χ0v) is 21.4. The van der Waals surface area contributed by atoms with Gasteiger partial charge in [0.05, 0.1) is 28.7 Å². The Balaban J connectivity index is 1.25. The van der Waals surface area contributed by atoms with E-state index in [1.807, 2.05) is 0 Å². The van der Waals surface area contributed by atoms with Gasteiger partial charge in [0.1, 0.15) is 18.8 Å². The standard InChI is InChI=1S/C27H28F3N7O2/c1-3-23(38)36-6-4-19(5-7-36)37-12-18(13-37)16-8-21(27(28,29)30)25-22(9-16)34-26-20(14-39-25)24(31-15-32-26)17-10-33-35(2)11-17/h3,8-11,15,18-19H,1,4-7,12-14H2,2H3,(H,31,32,34). The van der Waals surface area contributed by atoms with E-state index in [0.717, 1.165) is 18.4 Å². The zero-order chi connectivity index (χ0) is 27.3. The van der Waals surface area contributed by atoms with Crippen LogP contribution in [-0.4, -0.2) is 67.7 Å². The summed E-state index contributed by atoms with van der Waals surface area (Å²) in [7, 11) is 1.78. The molecule has 1 N–H and O–H groups in total. The van der Waals surface area contributed by atoms with Crippen LogP contribution in [0.2, 0.25) is 0 Å². The average molecular weight is 540 g/mol. The van der Waals surface area contributed by atoms with Crippen LogP contribution in [0.4, 0.5) is 24.7 Å². The highest BCUT2D eigenvalue weighted by Gasteiger charge is 2.41. The molecule has 2 fully saturated rings. The van der Waals surface area contributed by atoms with Crippen molar-refractivity contribution in [2.45, 2.75) is 37.6 Å². The molecule has 5 heterocycles. The van der Waals surface area contributed by atoms with Crippen molar-refractivity contribution in [3.8, 4) is 17.0 Å². The molecule has 1 amide bonds. The Morgan fingerprint density at radius 2 is 1.97 bits per heavy atom. The van der Waals surface area contributed by atoms with Gasteiger partial charge in [-0.05, 0) is 36.6 Å². The Morgan fingerprint density at radius 3 is 2.64 bits per heavy atom. The second-order valence-electron chi connectivity index (χ2n) is 10.2. The van der Waals surface area contributed by atoms with Gasteiger partial charge in [-0.2, -0.15) is 18.3 Å². The third kappa shape index (κ3) is 4.73. The predicted molar refractivity (Wildman–Crippen MR) is 137 cm³/mol. The lowest BCUT2D eigenvalue weighted by Gasteiger charge is -2.47. The number of likely N-dealkylation sites (tertiary alicyclic amines) is 2. The molecule has 0 spiro atoms. The maximum atomic E-state index is 14.3. The van der Waals surface area contributed by atoms with E-state index in [9.17, 15) is 18.0 Å². The lowest BCUT2D eigenvalue weighted by Crippen LogP contribution is -2.54. The normalized spacial score (nSPS) is 18.3. The van der Waals surface area contributed by atoms with Gasteiger partial charge in [-0.25, -0.2) is 9.97 Å². The number of carbonyl (C=O) groups excluding carboxylic acids is 1. The Kier molecular flexibility index (Phi) is 6.29. The summed E-state index contributed by atoms with van der Waals surface area (Å²) in [6, 6.07) is 3.28. The topological polar surface area (TPSA) is 88.4 Å². The Bertz CT molecular complexity index is 1420. The van der Waals surface area contributed by atoms with Gasteiger partial charge in [0.25, 0.3) is 0 Å². The Labute approximate surface area is 223 Å². The van der Waals surface area contributed by atoms with E-state index < -0.39 is 11.7 Å². The molecule has 2 aromatic heterocycles. The number of ether oxygens (including phenoxy) is 1. The highest BCUT2D eigenvalue weighted by molar-refractivity contribution is 5.87. The van der Waals surface area contributed by atoms with Crippen LogP contribution in [0.1, 0.15) is 35.4 Å². The maximum absolute atomic E-state index is 14.3. The highest BCUT2D eigenvalue weighted by Crippen LogP contribution is 2.47. The van der Waals surface area contributed by atoms with Gasteiger partial charge in [-0.15, -0.1) is 0 Å². The van der Waals surface area contributed by atoms with E-state index in [2.05, 4.69) is 31.9 Å². The van der Waals surface area contributed by atoms with Crippen molar-refractivity contribution in [2.24, 2.45) is 7.05 Å². The third-order valence-corrected chi connectivity index (χ3v) is 7.80. The number of alkyl halides is 3. The monoisotopic (exact) mass is 539 g/mol. The largest absolute Gasteiger partial charge is 0.486 e. The SMILES string of the molecule is C=CC(=O)N1CCC(N2CC(c3cc4c(c(C(F)(F)F)c3)OCc3c(ncnc3-c3cnn(C)c3)N4)C2)CC1. The minimum Gasteiger partial charge on any atom is -0.486 e. The van der Waals surface area contributed by atoms with Crippen LogP contribution in [-0.2, 0) is 24.6 Å². The van der Waals surface area contributed by atoms with Crippen molar-refractivity contribution < 1.29 is 22.7 Å². The Morgan fingerprint density at radius 1 is 1.21 bits per heavy atom. The summed E-state index contributed by atoms with van der Waals surface area (Å²) < 4.78 is 50.2. The number of halogens is 3. The number of nitrogens with one attached hydrogen (secondary N) is 1. The third-order valence-electron chi connectivity index (χ3n) is 7.80. The predicted octanol–water partition coefficient (Wildman–Crippen LogP) is 4.11. The van der Waals surface area contributed by atoms with Crippen molar-refractivity contribution in [1.29, 1.82) is 0 Å². The van der Waals surface area contributed by atoms with Crippen molar-refractivity contribution >= 4 is 17.4 Å². The van der Waals surface area contributed by atoms with Crippen LogP contribution in [0.3, 0.4) is 0 Å². The van der Waals surface area contributed by atoms with E-state index in [4.69, 9.17) is 4.74 Å². The molecule has 1 aromatic carbocycles. The molecule has 12 heteroatoms. The molecule has 0 aliphatic carbocycles. The number of hydrogen-bond acceptors (Lipinski definition) is 7. The fraction of sp³-hybridized carbons (Fsp3) is 0.407. The molecule has 0 bridgehead atoms. The lowest BCUT2D eigenvalue weighted by molar-refractivity contribution is -0.139. The average Bonchev–Trinajstić information content (AvgIpc) is 3.23. The number of aryl methyl sites for hydroxylation is 1. The minimum atomic E-state index is -4.59. The van der Waals surface area contributed by atoms with Gasteiger partial charge >= 0.3 is 6.18 Å². The van der Waals surface area contributed by atoms with Gasteiger partial charge in [0.2, 0.25) is 5.91 Å². The first-order valence-corrected chi connectivity index (χ1v) is 12.8. The molecular formula is C27H28F3N7O2. The summed E-state index contributed by atoms with van der Waals surface area (Å²) in [5.41, 5.74) is 1.88. The first-order valence-electron chi connectivity index (χ1n) is 12.8. The van der Waals surface area contributed by atoms with E-state index in [1.165, 1.54) is 18.5 Å². The molecule has 204 valence electrons. The molecule has 0 saturated carbocycles. The van der Waals surface area contributed by atoms with E-state index in [-0.39, 0.29) is 29.9 Å². The summed E-state index contributed by atoms with van der Waals surface area (Å²) in [5.74, 6) is 0.0691. The number of rotatable bonds is 4. The number of anilines is 2. The molecular weight excluding hydrogens is 511 g/mol. The summed E-state index contributed by atoms with van der Waals surface area (Å²) in [5, 5.41) is 7.28. The fourth-order valence-corrected chi connectivity index (χ4v) is 5.67. The van der Waals surface area contributed by atoms with Crippen LogP contribution < -0.4 is 10.1 Å². The molecule has 0 unspecified atom stereocenters. The lowest BCUT2D eigenvalue weighted by atomic mass is 9.86. The molecule has 6 rings (SSSR count). The number of hydrogen-bond donors (Lipinski definition) is 1. The minimum absolute atomic E-state index is 0.0369. The first-order chi connectivity index (χ1) is 18.7. The molecule has 3 aliphatic heterocycles. The molecule has 0 radical (unpaired) electrons.